The van der Waals surface area contributed by atoms with E-state index in [2.05, 4.69) is 38.3 Å². The van der Waals surface area contributed by atoms with Crippen molar-refractivity contribution in [2.75, 3.05) is 23.8 Å². The van der Waals surface area contributed by atoms with Gasteiger partial charge >= 0.3 is 0 Å². The smallest absolute Gasteiger partial charge is 0.262 e. The largest absolute Gasteiger partial charge is 0.483 e. The zero-order chi connectivity index (χ0) is 24.5. The van der Waals surface area contributed by atoms with E-state index < -0.39 is 0 Å². The van der Waals surface area contributed by atoms with Crippen LogP contribution in [0.1, 0.15) is 50.7 Å². The van der Waals surface area contributed by atoms with Gasteiger partial charge < -0.3 is 20.1 Å². The van der Waals surface area contributed by atoms with Crippen LogP contribution in [0.25, 0.3) is 0 Å². The van der Waals surface area contributed by atoms with Crippen LogP contribution in [0.15, 0.2) is 72.8 Å². The quantitative estimate of drug-likeness (QED) is 0.391. The van der Waals surface area contributed by atoms with Crippen LogP contribution in [0, 0.1) is 0 Å². The van der Waals surface area contributed by atoms with Crippen LogP contribution < -0.4 is 20.1 Å². The Morgan fingerprint density at radius 1 is 0.618 bits per heavy atom. The minimum Gasteiger partial charge on any atom is -0.483 e. The zero-order valence-corrected chi connectivity index (χ0v) is 20.1. The van der Waals surface area contributed by atoms with Crippen LogP contribution >= 0.6 is 0 Å². The third kappa shape index (κ3) is 6.85. The lowest BCUT2D eigenvalue weighted by Gasteiger charge is -2.16. The van der Waals surface area contributed by atoms with Gasteiger partial charge in [-0.2, -0.15) is 0 Å². The molecule has 0 saturated carbocycles. The Balaban J connectivity index is 1.58. The molecule has 3 aromatic rings. The van der Waals surface area contributed by atoms with Crippen LogP contribution in [0.5, 0.6) is 11.5 Å². The van der Waals surface area contributed by atoms with Crippen molar-refractivity contribution in [3.05, 3.63) is 83.9 Å². The maximum absolute atomic E-state index is 12.5. The van der Waals surface area contributed by atoms with Gasteiger partial charge in [-0.3, -0.25) is 9.59 Å². The van der Waals surface area contributed by atoms with Gasteiger partial charge in [0.1, 0.15) is 11.5 Å². The first-order valence-electron chi connectivity index (χ1n) is 11.5. The van der Waals surface area contributed by atoms with Crippen LogP contribution in [-0.4, -0.2) is 25.0 Å². The summed E-state index contributed by atoms with van der Waals surface area (Å²) in [6.45, 7) is 8.03. The van der Waals surface area contributed by atoms with E-state index in [1.807, 2.05) is 48.5 Å². The number of anilines is 2. The Kier molecular flexibility index (Phi) is 8.68. The second-order valence-electron chi connectivity index (χ2n) is 8.60. The molecule has 0 saturated heterocycles. The minimum absolute atomic E-state index is 0.138. The van der Waals surface area contributed by atoms with Crippen molar-refractivity contribution in [1.29, 1.82) is 0 Å². The molecule has 178 valence electrons. The number of para-hydroxylation sites is 4. The Hall–Kier alpha value is -3.80. The third-order valence-corrected chi connectivity index (χ3v) is 5.27. The summed E-state index contributed by atoms with van der Waals surface area (Å²) in [5.74, 6) is 1.31. The number of amides is 2. The molecular formula is C28H32N2O4. The highest BCUT2D eigenvalue weighted by atomic mass is 16.5. The lowest BCUT2D eigenvalue weighted by atomic mass is 10.0. The summed E-state index contributed by atoms with van der Waals surface area (Å²) in [4.78, 5) is 25.1. The number of benzene rings is 3. The number of nitrogens with one attached hydrogen (secondary N) is 2. The molecule has 0 fully saturated rings. The SMILES string of the molecule is CC(C)c1ccccc1OCC(=O)Nc1ccccc1NC(=O)COc1ccccc1C(C)C. The lowest BCUT2D eigenvalue weighted by Crippen LogP contribution is -2.24. The van der Waals surface area contributed by atoms with Gasteiger partial charge in [-0.25, -0.2) is 0 Å². The Bertz CT molecular complexity index is 1040. The monoisotopic (exact) mass is 460 g/mol. The highest BCUT2D eigenvalue weighted by Gasteiger charge is 2.13. The lowest BCUT2D eigenvalue weighted by molar-refractivity contribution is -0.119. The van der Waals surface area contributed by atoms with Crippen molar-refractivity contribution in [3.8, 4) is 11.5 Å². The summed E-state index contributed by atoms with van der Waals surface area (Å²) in [6.07, 6.45) is 0. The summed E-state index contributed by atoms with van der Waals surface area (Å²) in [5, 5.41) is 5.63. The Morgan fingerprint density at radius 3 is 1.35 bits per heavy atom. The van der Waals surface area contributed by atoms with E-state index in [9.17, 15) is 9.59 Å². The predicted octanol–water partition coefficient (Wildman–Crippen LogP) is 5.97. The fourth-order valence-corrected chi connectivity index (χ4v) is 3.54. The number of hydrogen-bond acceptors (Lipinski definition) is 4. The first kappa shape index (κ1) is 24.8. The molecule has 0 aliphatic rings. The maximum atomic E-state index is 12.5. The molecule has 0 unspecified atom stereocenters. The molecule has 2 N–H and O–H groups in total. The molecule has 0 heterocycles. The van der Waals surface area contributed by atoms with E-state index in [0.29, 0.717) is 22.9 Å². The molecule has 0 spiro atoms. The molecule has 34 heavy (non-hydrogen) atoms. The number of hydrogen-bond donors (Lipinski definition) is 2. The fourth-order valence-electron chi connectivity index (χ4n) is 3.54. The molecular weight excluding hydrogens is 428 g/mol. The van der Waals surface area contributed by atoms with E-state index in [1.165, 1.54) is 0 Å². The molecule has 0 aliphatic carbocycles. The fraction of sp³-hybridized carbons (Fsp3) is 0.286. The van der Waals surface area contributed by atoms with E-state index in [1.54, 1.807) is 24.3 Å². The predicted molar refractivity (Wildman–Crippen MR) is 136 cm³/mol. The van der Waals surface area contributed by atoms with Gasteiger partial charge in [0.2, 0.25) is 0 Å². The minimum atomic E-state index is -0.317. The van der Waals surface area contributed by atoms with Gasteiger partial charge in [0.15, 0.2) is 13.2 Å². The van der Waals surface area contributed by atoms with Gasteiger partial charge in [0, 0.05) is 0 Å². The summed E-state index contributed by atoms with van der Waals surface area (Å²) >= 11 is 0. The first-order valence-corrected chi connectivity index (χ1v) is 11.5. The van der Waals surface area contributed by atoms with Crippen LogP contribution in [0.2, 0.25) is 0 Å². The highest BCUT2D eigenvalue weighted by molar-refractivity contribution is 6.00. The topological polar surface area (TPSA) is 76.7 Å². The van der Waals surface area contributed by atoms with E-state index in [-0.39, 0.29) is 36.9 Å². The molecule has 2 amide bonds. The molecule has 6 heteroatoms. The molecule has 0 aromatic heterocycles. The van der Waals surface area contributed by atoms with Gasteiger partial charge in [0.05, 0.1) is 11.4 Å². The van der Waals surface area contributed by atoms with E-state index in [0.717, 1.165) is 11.1 Å². The molecule has 0 atom stereocenters. The standard InChI is InChI=1S/C28H32N2O4/c1-19(2)21-11-5-9-15-25(21)33-17-27(31)29-23-13-7-8-14-24(23)30-28(32)18-34-26-16-10-6-12-22(26)20(3)4/h5-16,19-20H,17-18H2,1-4H3,(H,29,31)(H,30,32). The van der Waals surface area contributed by atoms with E-state index in [4.69, 9.17) is 9.47 Å². The van der Waals surface area contributed by atoms with Crippen molar-refractivity contribution in [2.45, 2.75) is 39.5 Å². The highest BCUT2D eigenvalue weighted by Crippen LogP contribution is 2.27. The van der Waals surface area contributed by atoms with Gasteiger partial charge in [-0.05, 0) is 47.2 Å². The molecule has 0 bridgehead atoms. The second kappa shape index (κ2) is 11.9. The summed E-state index contributed by atoms with van der Waals surface area (Å²) in [6, 6.07) is 22.4. The molecule has 0 radical (unpaired) electrons. The van der Waals surface area contributed by atoms with Crippen LogP contribution in [0.3, 0.4) is 0 Å². The zero-order valence-electron chi connectivity index (χ0n) is 20.1. The number of rotatable bonds is 10. The van der Waals surface area contributed by atoms with Gasteiger partial charge in [0.25, 0.3) is 11.8 Å². The average molecular weight is 461 g/mol. The van der Waals surface area contributed by atoms with Crippen molar-refractivity contribution in [3.63, 3.8) is 0 Å². The van der Waals surface area contributed by atoms with E-state index >= 15 is 0 Å². The summed E-state index contributed by atoms with van der Waals surface area (Å²) in [5.41, 5.74) is 3.07. The van der Waals surface area contributed by atoms with Crippen molar-refractivity contribution < 1.29 is 19.1 Å². The second-order valence-corrected chi connectivity index (χ2v) is 8.60. The van der Waals surface area contributed by atoms with Crippen LogP contribution in [0.4, 0.5) is 11.4 Å². The normalized spacial score (nSPS) is 10.8. The Morgan fingerprint density at radius 2 is 0.971 bits per heavy atom. The summed E-state index contributed by atoms with van der Waals surface area (Å²) in [7, 11) is 0. The maximum Gasteiger partial charge on any atom is 0.262 e. The third-order valence-electron chi connectivity index (χ3n) is 5.27. The van der Waals surface area contributed by atoms with Crippen molar-refractivity contribution in [2.24, 2.45) is 0 Å². The molecule has 6 nitrogen and oxygen atoms in total. The van der Waals surface area contributed by atoms with Gasteiger partial charge in [-0.15, -0.1) is 0 Å². The number of ether oxygens (including phenoxy) is 2. The molecule has 3 aromatic carbocycles. The summed E-state index contributed by atoms with van der Waals surface area (Å²) < 4.78 is 11.5. The van der Waals surface area contributed by atoms with Gasteiger partial charge in [-0.1, -0.05) is 76.2 Å². The molecule has 0 aliphatic heterocycles. The first-order chi connectivity index (χ1) is 16.3. The number of carbonyl (C=O) groups excluding carboxylic acids is 2. The van der Waals surface area contributed by atoms with Crippen LogP contribution in [-0.2, 0) is 9.59 Å². The van der Waals surface area contributed by atoms with Crippen molar-refractivity contribution in [1.82, 2.24) is 0 Å². The van der Waals surface area contributed by atoms with Crippen molar-refractivity contribution >= 4 is 23.2 Å². The average Bonchev–Trinajstić information content (AvgIpc) is 2.83. The Labute approximate surface area is 201 Å². The molecule has 3 rings (SSSR count). The number of carbonyl (C=O) groups is 2.